The van der Waals surface area contributed by atoms with Crippen LogP contribution in [0.5, 0.6) is 0 Å². The summed E-state index contributed by atoms with van der Waals surface area (Å²) in [6, 6.07) is 7.81. The summed E-state index contributed by atoms with van der Waals surface area (Å²) in [4.78, 5) is 2.29. The molecule has 3 nitrogen and oxygen atoms in total. The second-order valence-corrected chi connectivity index (χ2v) is 4.56. The largest absolute Gasteiger partial charge is 0.399 e. The van der Waals surface area contributed by atoms with Gasteiger partial charge < -0.3 is 10.6 Å². The third-order valence-electron chi connectivity index (χ3n) is 3.27. The van der Waals surface area contributed by atoms with E-state index in [1.54, 1.807) is 6.07 Å². The molecule has 1 heterocycles. The minimum absolute atomic E-state index is 0.658. The Morgan fingerprint density at radius 1 is 1.38 bits per heavy atom. The van der Waals surface area contributed by atoms with Gasteiger partial charge in [0.25, 0.3) is 0 Å². The second kappa shape index (κ2) is 4.44. The third kappa shape index (κ3) is 2.11. The number of hydrogen-bond acceptors (Lipinski definition) is 3. The molecule has 1 saturated heterocycles. The van der Waals surface area contributed by atoms with Gasteiger partial charge in [0.2, 0.25) is 0 Å². The Balaban J connectivity index is 2.24. The first-order valence-corrected chi connectivity index (χ1v) is 5.75. The van der Waals surface area contributed by atoms with Crippen molar-refractivity contribution in [2.75, 3.05) is 23.7 Å². The molecule has 3 heteroatoms. The minimum atomic E-state index is 0.658. The van der Waals surface area contributed by atoms with Crippen molar-refractivity contribution in [1.82, 2.24) is 0 Å². The number of nitrogens with two attached hydrogens (primary N) is 1. The van der Waals surface area contributed by atoms with E-state index in [1.807, 2.05) is 12.1 Å². The summed E-state index contributed by atoms with van der Waals surface area (Å²) >= 11 is 0. The molecule has 16 heavy (non-hydrogen) atoms. The van der Waals surface area contributed by atoms with E-state index in [0.29, 0.717) is 11.3 Å². The van der Waals surface area contributed by atoms with Gasteiger partial charge in [-0.3, -0.25) is 0 Å². The number of nitrogen functional groups attached to an aromatic ring is 1. The van der Waals surface area contributed by atoms with Crippen LogP contribution in [0.3, 0.4) is 0 Å². The number of piperidine rings is 1. The van der Waals surface area contributed by atoms with Crippen molar-refractivity contribution in [3.63, 3.8) is 0 Å². The molecule has 0 spiro atoms. The molecule has 0 aromatic heterocycles. The first-order chi connectivity index (χ1) is 7.70. The summed E-state index contributed by atoms with van der Waals surface area (Å²) in [6.07, 6.45) is 2.41. The molecule has 2 rings (SSSR count). The lowest BCUT2D eigenvalue weighted by molar-refractivity contribution is 0.438. The van der Waals surface area contributed by atoms with Crippen molar-refractivity contribution in [2.24, 2.45) is 5.92 Å². The molecule has 0 unspecified atom stereocenters. The number of benzene rings is 1. The highest BCUT2D eigenvalue weighted by Crippen LogP contribution is 2.27. The van der Waals surface area contributed by atoms with E-state index in [2.05, 4.69) is 17.9 Å². The summed E-state index contributed by atoms with van der Waals surface area (Å²) in [7, 11) is 0. The molecule has 0 bridgehead atoms. The van der Waals surface area contributed by atoms with Crippen molar-refractivity contribution in [2.45, 2.75) is 19.8 Å². The number of nitrogens with zero attached hydrogens (tertiary/aromatic N) is 2. The van der Waals surface area contributed by atoms with E-state index in [-0.39, 0.29) is 0 Å². The highest BCUT2D eigenvalue weighted by atomic mass is 15.1. The predicted molar refractivity (Wildman–Crippen MR) is 66.2 cm³/mol. The molecule has 0 atom stereocenters. The number of rotatable bonds is 1. The Labute approximate surface area is 96.5 Å². The van der Waals surface area contributed by atoms with Crippen molar-refractivity contribution in [3.8, 4) is 6.07 Å². The summed E-state index contributed by atoms with van der Waals surface area (Å²) in [5.74, 6) is 0.801. The molecule has 1 aliphatic rings. The van der Waals surface area contributed by atoms with Crippen LogP contribution in [0.15, 0.2) is 18.2 Å². The van der Waals surface area contributed by atoms with E-state index in [9.17, 15) is 0 Å². The molecule has 1 aliphatic heterocycles. The monoisotopic (exact) mass is 215 g/mol. The molecule has 0 saturated carbocycles. The Bertz CT molecular complexity index is 412. The lowest BCUT2D eigenvalue weighted by Gasteiger charge is -2.32. The van der Waals surface area contributed by atoms with Crippen LogP contribution in [0.4, 0.5) is 11.4 Å². The smallest absolute Gasteiger partial charge is 0.101 e. The third-order valence-corrected chi connectivity index (χ3v) is 3.27. The number of nitriles is 1. The zero-order valence-corrected chi connectivity index (χ0v) is 9.61. The van der Waals surface area contributed by atoms with Crippen molar-refractivity contribution < 1.29 is 0 Å². The molecule has 1 fully saturated rings. The van der Waals surface area contributed by atoms with Crippen molar-refractivity contribution in [3.05, 3.63) is 23.8 Å². The van der Waals surface area contributed by atoms with Gasteiger partial charge in [-0.2, -0.15) is 5.26 Å². The summed E-state index contributed by atoms with van der Waals surface area (Å²) in [6.45, 7) is 4.37. The fraction of sp³-hybridized carbons (Fsp3) is 0.462. The van der Waals surface area contributed by atoms with E-state index >= 15 is 0 Å². The average molecular weight is 215 g/mol. The maximum Gasteiger partial charge on any atom is 0.101 e. The lowest BCUT2D eigenvalue weighted by Crippen LogP contribution is -2.33. The van der Waals surface area contributed by atoms with Crippen LogP contribution in [-0.2, 0) is 0 Å². The van der Waals surface area contributed by atoms with Gasteiger partial charge in [-0.15, -0.1) is 0 Å². The molecule has 0 amide bonds. The van der Waals surface area contributed by atoms with Crippen LogP contribution >= 0.6 is 0 Å². The normalized spacial score (nSPS) is 17.1. The van der Waals surface area contributed by atoms with Crippen molar-refractivity contribution in [1.29, 1.82) is 5.26 Å². The van der Waals surface area contributed by atoms with Gasteiger partial charge in [-0.25, -0.2) is 0 Å². The van der Waals surface area contributed by atoms with Crippen LogP contribution in [0, 0.1) is 17.2 Å². The first kappa shape index (κ1) is 10.8. The lowest BCUT2D eigenvalue weighted by atomic mass is 9.98. The van der Waals surface area contributed by atoms with E-state index in [0.717, 1.165) is 24.7 Å². The highest BCUT2D eigenvalue weighted by molar-refractivity contribution is 5.64. The van der Waals surface area contributed by atoms with E-state index < -0.39 is 0 Å². The van der Waals surface area contributed by atoms with Gasteiger partial charge in [0.05, 0.1) is 11.3 Å². The predicted octanol–water partition coefficient (Wildman–Crippen LogP) is 2.38. The molecule has 1 aromatic carbocycles. The molecular formula is C13H17N3. The fourth-order valence-corrected chi connectivity index (χ4v) is 2.17. The molecule has 1 aromatic rings. The van der Waals surface area contributed by atoms with Crippen LogP contribution in [0.2, 0.25) is 0 Å². The second-order valence-electron chi connectivity index (χ2n) is 4.56. The standard InChI is InChI=1S/C13H17N3/c1-10-4-6-16(7-5-10)13-3-2-12(15)8-11(13)9-14/h2-3,8,10H,4-7,15H2,1H3. The Hall–Kier alpha value is -1.69. The van der Waals surface area contributed by atoms with Crippen LogP contribution < -0.4 is 10.6 Å². The zero-order valence-electron chi connectivity index (χ0n) is 9.61. The zero-order chi connectivity index (χ0) is 11.5. The van der Waals surface area contributed by atoms with Gasteiger partial charge in [-0.05, 0) is 37.0 Å². The van der Waals surface area contributed by atoms with Gasteiger partial charge in [-0.1, -0.05) is 6.92 Å². The number of anilines is 2. The van der Waals surface area contributed by atoms with Gasteiger partial charge in [0.1, 0.15) is 6.07 Å². The maximum absolute atomic E-state index is 9.09. The average Bonchev–Trinajstić information content (AvgIpc) is 2.30. The Kier molecular flexibility index (Phi) is 3.00. The Morgan fingerprint density at radius 2 is 2.06 bits per heavy atom. The number of hydrogen-bond donors (Lipinski definition) is 1. The summed E-state index contributed by atoms with van der Waals surface area (Å²) in [5.41, 5.74) is 8.06. The summed E-state index contributed by atoms with van der Waals surface area (Å²) < 4.78 is 0. The van der Waals surface area contributed by atoms with Gasteiger partial charge >= 0.3 is 0 Å². The van der Waals surface area contributed by atoms with E-state index in [1.165, 1.54) is 12.8 Å². The molecule has 2 N–H and O–H groups in total. The van der Waals surface area contributed by atoms with Crippen molar-refractivity contribution >= 4 is 11.4 Å². The highest BCUT2D eigenvalue weighted by Gasteiger charge is 2.18. The van der Waals surface area contributed by atoms with Crippen LogP contribution in [0.1, 0.15) is 25.3 Å². The molecule has 84 valence electrons. The van der Waals surface area contributed by atoms with Crippen LogP contribution in [0.25, 0.3) is 0 Å². The topological polar surface area (TPSA) is 53.0 Å². The maximum atomic E-state index is 9.09. The van der Waals surface area contributed by atoms with E-state index in [4.69, 9.17) is 11.0 Å². The SMILES string of the molecule is CC1CCN(c2ccc(N)cc2C#N)CC1. The molecular weight excluding hydrogens is 198 g/mol. The minimum Gasteiger partial charge on any atom is -0.399 e. The fourth-order valence-electron chi connectivity index (χ4n) is 2.17. The van der Waals surface area contributed by atoms with Crippen LogP contribution in [-0.4, -0.2) is 13.1 Å². The molecule has 0 aliphatic carbocycles. The van der Waals surface area contributed by atoms with Gasteiger partial charge in [0, 0.05) is 18.8 Å². The summed E-state index contributed by atoms with van der Waals surface area (Å²) in [5, 5.41) is 9.09. The Morgan fingerprint density at radius 3 is 2.69 bits per heavy atom. The first-order valence-electron chi connectivity index (χ1n) is 5.75. The quantitative estimate of drug-likeness (QED) is 0.732. The molecule has 0 radical (unpaired) electrons. The van der Waals surface area contributed by atoms with Gasteiger partial charge in [0.15, 0.2) is 0 Å².